The fourth-order valence-corrected chi connectivity index (χ4v) is 2.58. The van der Waals surface area contributed by atoms with Crippen LogP contribution in [-0.4, -0.2) is 26.2 Å². The second kappa shape index (κ2) is 8.58. The third kappa shape index (κ3) is 5.60. The Labute approximate surface area is 144 Å². The summed E-state index contributed by atoms with van der Waals surface area (Å²) in [5.74, 6) is 1.43. The first-order valence-electron chi connectivity index (χ1n) is 7.37. The van der Waals surface area contributed by atoms with Crippen molar-refractivity contribution < 1.29 is 14.3 Å². The van der Waals surface area contributed by atoms with Crippen molar-refractivity contribution in [1.82, 2.24) is 5.32 Å². The van der Waals surface area contributed by atoms with E-state index in [1.54, 1.807) is 7.11 Å². The fraction of sp³-hybridized carbons (Fsp3) is 0.278. The third-order valence-corrected chi connectivity index (χ3v) is 3.88. The van der Waals surface area contributed by atoms with E-state index in [0.29, 0.717) is 6.54 Å². The highest BCUT2D eigenvalue weighted by molar-refractivity contribution is 9.10. The summed E-state index contributed by atoms with van der Waals surface area (Å²) < 4.78 is 11.6. The smallest absolute Gasteiger partial charge is 0.257 e. The number of rotatable bonds is 7. The van der Waals surface area contributed by atoms with E-state index in [4.69, 9.17) is 9.47 Å². The van der Waals surface area contributed by atoms with Gasteiger partial charge in [-0.15, -0.1) is 0 Å². The van der Waals surface area contributed by atoms with Crippen LogP contribution in [0.1, 0.15) is 11.1 Å². The molecule has 0 aliphatic rings. The molecule has 1 N–H and O–H groups in total. The maximum absolute atomic E-state index is 11.8. The molecule has 0 fully saturated rings. The van der Waals surface area contributed by atoms with Gasteiger partial charge in [-0.2, -0.15) is 0 Å². The van der Waals surface area contributed by atoms with Crippen LogP contribution < -0.4 is 14.8 Å². The molecule has 0 atom stereocenters. The number of hydrogen-bond acceptors (Lipinski definition) is 3. The molecule has 0 aromatic heterocycles. The number of carbonyl (C=O) groups is 1. The van der Waals surface area contributed by atoms with Crippen LogP contribution in [0.15, 0.2) is 46.9 Å². The molecule has 0 aliphatic heterocycles. The van der Waals surface area contributed by atoms with Crippen molar-refractivity contribution >= 4 is 21.8 Å². The first-order chi connectivity index (χ1) is 11.1. The molecule has 0 saturated heterocycles. The summed E-state index contributed by atoms with van der Waals surface area (Å²) in [6.45, 7) is 2.54. The van der Waals surface area contributed by atoms with Crippen molar-refractivity contribution in [2.45, 2.75) is 13.3 Å². The maximum atomic E-state index is 11.8. The molecule has 0 heterocycles. The normalized spacial score (nSPS) is 10.2. The zero-order chi connectivity index (χ0) is 16.7. The summed E-state index contributed by atoms with van der Waals surface area (Å²) in [4.78, 5) is 11.8. The van der Waals surface area contributed by atoms with Gasteiger partial charge in [-0.1, -0.05) is 28.1 Å². The second-order valence-corrected chi connectivity index (χ2v) is 6.06. The quantitative estimate of drug-likeness (QED) is 0.802. The minimum atomic E-state index is -0.124. The highest BCUT2D eigenvalue weighted by Gasteiger charge is 2.05. The molecule has 2 rings (SSSR count). The lowest BCUT2D eigenvalue weighted by molar-refractivity contribution is -0.123. The summed E-state index contributed by atoms with van der Waals surface area (Å²) >= 11 is 3.40. The predicted octanol–water partition coefficient (Wildman–Crippen LogP) is 3.50. The van der Waals surface area contributed by atoms with Crippen LogP contribution in [0, 0.1) is 6.92 Å². The van der Waals surface area contributed by atoms with Crippen molar-refractivity contribution in [2.24, 2.45) is 0 Å². The van der Waals surface area contributed by atoms with Crippen LogP contribution in [0.25, 0.3) is 0 Å². The van der Waals surface area contributed by atoms with Gasteiger partial charge in [0.15, 0.2) is 6.61 Å². The molecule has 122 valence electrons. The van der Waals surface area contributed by atoms with E-state index in [2.05, 4.69) is 21.2 Å². The molecule has 0 saturated carbocycles. The Morgan fingerprint density at radius 2 is 1.91 bits per heavy atom. The number of halogens is 1. The Balaban J connectivity index is 1.72. The lowest BCUT2D eigenvalue weighted by Crippen LogP contribution is -2.30. The molecule has 23 heavy (non-hydrogen) atoms. The molecule has 0 radical (unpaired) electrons. The number of carbonyl (C=O) groups excluding carboxylic acids is 1. The third-order valence-electron chi connectivity index (χ3n) is 3.39. The molecular weight excluding hydrogens is 358 g/mol. The van der Waals surface area contributed by atoms with Gasteiger partial charge in [-0.25, -0.2) is 0 Å². The molecular formula is C18H20BrNO3. The van der Waals surface area contributed by atoms with Crippen LogP contribution in [0.2, 0.25) is 0 Å². The lowest BCUT2D eigenvalue weighted by atomic mass is 10.1. The first-order valence-corrected chi connectivity index (χ1v) is 8.16. The predicted molar refractivity (Wildman–Crippen MR) is 94.1 cm³/mol. The molecule has 0 aliphatic carbocycles. The van der Waals surface area contributed by atoms with Gasteiger partial charge in [0.25, 0.3) is 5.91 Å². The number of hydrogen-bond donors (Lipinski definition) is 1. The summed E-state index contributed by atoms with van der Waals surface area (Å²) in [5, 5.41) is 2.86. The van der Waals surface area contributed by atoms with Gasteiger partial charge < -0.3 is 14.8 Å². The number of methoxy groups -OCH3 is 1. The summed E-state index contributed by atoms with van der Waals surface area (Å²) in [6, 6.07) is 13.5. The standard InChI is InChI=1S/C18H20BrNO3/c1-13-11-15(19)5-8-17(13)23-12-18(21)20-10-9-14-3-6-16(22-2)7-4-14/h3-8,11H,9-10,12H2,1-2H3,(H,20,21). The average molecular weight is 378 g/mol. The highest BCUT2D eigenvalue weighted by atomic mass is 79.9. The Morgan fingerprint density at radius 3 is 2.57 bits per heavy atom. The Hall–Kier alpha value is -2.01. The topological polar surface area (TPSA) is 47.6 Å². The molecule has 0 unspecified atom stereocenters. The van der Waals surface area contributed by atoms with Crippen LogP contribution in [-0.2, 0) is 11.2 Å². The van der Waals surface area contributed by atoms with Crippen LogP contribution in [0.3, 0.4) is 0 Å². The Kier molecular flexibility index (Phi) is 6.47. The van der Waals surface area contributed by atoms with E-state index < -0.39 is 0 Å². The van der Waals surface area contributed by atoms with Crippen molar-refractivity contribution in [1.29, 1.82) is 0 Å². The molecule has 5 heteroatoms. The molecule has 0 bridgehead atoms. The molecule has 4 nitrogen and oxygen atoms in total. The zero-order valence-electron chi connectivity index (χ0n) is 13.3. The largest absolute Gasteiger partial charge is 0.497 e. The van der Waals surface area contributed by atoms with Crippen molar-refractivity contribution in [2.75, 3.05) is 20.3 Å². The first kappa shape index (κ1) is 17.3. The Bertz CT molecular complexity index is 656. The minimum absolute atomic E-state index is 0.0189. The van der Waals surface area contributed by atoms with Crippen molar-refractivity contribution in [3.05, 3.63) is 58.1 Å². The van der Waals surface area contributed by atoms with Crippen molar-refractivity contribution in [3.63, 3.8) is 0 Å². The van der Waals surface area contributed by atoms with Gasteiger partial charge >= 0.3 is 0 Å². The van der Waals surface area contributed by atoms with E-state index >= 15 is 0 Å². The second-order valence-electron chi connectivity index (χ2n) is 5.15. The van der Waals surface area contributed by atoms with Gasteiger partial charge in [-0.05, 0) is 54.8 Å². The van der Waals surface area contributed by atoms with E-state index in [0.717, 1.165) is 33.5 Å². The molecule has 1 amide bonds. The minimum Gasteiger partial charge on any atom is -0.497 e. The van der Waals surface area contributed by atoms with E-state index in [1.165, 1.54) is 0 Å². The monoisotopic (exact) mass is 377 g/mol. The van der Waals surface area contributed by atoms with Crippen LogP contribution in [0.4, 0.5) is 0 Å². The Morgan fingerprint density at radius 1 is 1.17 bits per heavy atom. The van der Waals surface area contributed by atoms with Crippen molar-refractivity contribution in [3.8, 4) is 11.5 Å². The molecule has 2 aromatic rings. The number of nitrogens with one attached hydrogen (secondary N) is 1. The summed E-state index contributed by atoms with van der Waals surface area (Å²) in [5.41, 5.74) is 2.14. The SMILES string of the molecule is COc1ccc(CCNC(=O)COc2ccc(Br)cc2C)cc1. The average Bonchev–Trinajstić information content (AvgIpc) is 2.54. The van der Waals surface area contributed by atoms with E-state index in [9.17, 15) is 4.79 Å². The van der Waals surface area contributed by atoms with Crippen LogP contribution in [0.5, 0.6) is 11.5 Å². The van der Waals surface area contributed by atoms with Gasteiger partial charge in [0.05, 0.1) is 7.11 Å². The summed E-state index contributed by atoms with van der Waals surface area (Å²) in [6.07, 6.45) is 0.771. The zero-order valence-corrected chi connectivity index (χ0v) is 14.9. The summed E-state index contributed by atoms with van der Waals surface area (Å²) in [7, 11) is 1.64. The van der Waals surface area contributed by atoms with Gasteiger partial charge in [-0.3, -0.25) is 4.79 Å². The number of aryl methyl sites for hydroxylation is 1. The lowest BCUT2D eigenvalue weighted by Gasteiger charge is -2.10. The molecule has 0 spiro atoms. The number of benzene rings is 2. The number of amides is 1. The fourth-order valence-electron chi connectivity index (χ4n) is 2.11. The number of ether oxygens (including phenoxy) is 2. The van der Waals surface area contributed by atoms with Crippen LogP contribution >= 0.6 is 15.9 Å². The van der Waals surface area contributed by atoms with E-state index in [1.807, 2.05) is 49.4 Å². The van der Waals surface area contributed by atoms with Gasteiger partial charge in [0.2, 0.25) is 0 Å². The molecule has 2 aromatic carbocycles. The maximum Gasteiger partial charge on any atom is 0.257 e. The van der Waals surface area contributed by atoms with E-state index in [-0.39, 0.29) is 12.5 Å². The van der Waals surface area contributed by atoms with Gasteiger partial charge in [0, 0.05) is 11.0 Å². The van der Waals surface area contributed by atoms with Gasteiger partial charge in [0.1, 0.15) is 11.5 Å². The highest BCUT2D eigenvalue weighted by Crippen LogP contribution is 2.21.